The van der Waals surface area contributed by atoms with Crippen LogP contribution in [0.25, 0.3) is 10.4 Å². The molecule has 0 unspecified atom stereocenters. The number of ether oxygens (including phenoxy) is 2. The molecule has 0 radical (unpaired) electrons. The Morgan fingerprint density at radius 3 is 2.55 bits per heavy atom. The molecule has 2 amide bonds. The quantitative estimate of drug-likeness (QED) is 0.700. The summed E-state index contributed by atoms with van der Waals surface area (Å²) in [6.45, 7) is 8.61. The molecule has 0 bridgehead atoms. The van der Waals surface area contributed by atoms with E-state index < -0.39 is 11.7 Å². The summed E-state index contributed by atoms with van der Waals surface area (Å²) < 4.78 is 11.0. The van der Waals surface area contributed by atoms with Gasteiger partial charge in [0, 0.05) is 25.9 Å². The van der Waals surface area contributed by atoms with Crippen molar-refractivity contribution in [3.8, 4) is 10.4 Å². The van der Waals surface area contributed by atoms with Crippen molar-refractivity contribution >= 4 is 29.2 Å². The molecule has 1 aromatic heterocycles. The Morgan fingerprint density at radius 2 is 1.90 bits per heavy atom. The van der Waals surface area contributed by atoms with Crippen LogP contribution in [0.5, 0.6) is 0 Å². The van der Waals surface area contributed by atoms with Gasteiger partial charge in [-0.25, -0.2) is 9.59 Å². The maximum absolute atomic E-state index is 12.4. The van der Waals surface area contributed by atoms with Crippen LogP contribution in [0.4, 0.5) is 15.3 Å². The van der Waals surface area contributed by atoms with Crippen LogP contribution in [0.15, 0.2) is 35.7 Å². The predicted octanol–water partition coefficient (Wildman–Crippen LogP) is 5.67. The highest BCUT2D eigenvalue weighted by atomic mass is 32.1. The fraction of sp³-hybridized carbons (Fsp3) is 0.455. The summed E-state index contributed by atoms with van der Waals surface area (Å²) in [7, 11) is 0. The van der Waals surface area contributed by atoms with E-state index in [0.29, 0.717) is 25.9 Å². The number of hydrogen-bond donors (Lipinski definition) is 1. The Hall–Kier alpha value is -2.54. The lowest BCUT2D eigenvalue weighted by Crippen LogP contribution is -2.44. The number of anilines is 1. The van der Waals surface area contributed by atoms with Gasteiger partial charge in [-0.3, -0.25) is 5.32 Å². The Labute approximate surface area is 175 Å². The van der Waals surface area contributed by atoms with Gasteiger partial charge in [0.1, 0.15) is 11.7 Å². The first-order chi connectivity index (χ1) is 13.7. The van der Waals surface area contributed by atoms with Gasteiger partial charge in [-0.05, 0) is 44.7 Å². The monoisotopic (exact) mass is 416 g/mol. The molecule has 1 aliphatic rings. The van der Waals surface area contributed by atoms with Crippen molar-refractivity contribution in [3.05, 3.63) is 41.3 Å². The van der Waals surface area contributed by atoms with Crippen molar-refractivity contribution in [1.29, 1.82) is 0 Å². The summed E-state index contributed by atoms with van der Waals surface area (Å²) >= 11 is 1.58. The van der Waals surface area contributed by atoms with E-state index in [9.17, 15) is 9.59 Å². The van der Waals surface area contributed by atoms with Gasteiger partial charge in [-0.15, -0.1) is 11.3 Å². The number of hydrogen-bond acceptors (Lipinski definition) is 5. The summed E-state index contributed by atoms with van der Waals surface area (Å²) in [5, 5.41) is 4.82. The highest BCUT2D eigenvalue weighted by molar-refractivity contribution is 7.14. The summed E-state index contributed by atoms with van der Waals surface area (Å²) in [5.74, 6) is 0. The van der Waals surface area contributed by atoms with Crippen molar-refractivity contribution < 1.29 is 19.1 Å². The molecule has 1 fully saturated rings. The highest BCUT2D eigenvalue weighted by Crippen LogP contribution is 2.34. The second-order valence-electron chi connectivity index (χ2n) is 8.23. The first-order valence-corrected chi connectivity index (χ1v) is 10.7. The molecule has 0 aliphatic carbocycles. The van der Waals surface area contributed by atoms with Crippen molar-refractivity contribution in [2.24, 2.45) is 0 Å². The van der Waals surface area contributed by atoms with Gasteiger partial charge in [-0.2, -0.15) is 0 Å². The molecule has 7 heteroatoms. The summed E-state index contributed by atoms with van der Waals surface area (Å²) in [5.41, 5.74) is 2.47. The van der Waals surface area contributed by atoms with E-state index in [1.165, 1.54) is 5.56 Å². The van der Waals surface area contributed by atoms with Crippen molar-refractivity contribution in [3.63, 3.8) is 0 Å². The molecule has 0 saturated carbocycles. The Balaban J connectivity index is 1.52. The number of amides is 2. The number of piperidine rings is 1. The molecule has 6 nitrogen and oxygen atoms in total. The minimum absolute atomic E-state index is 0.213. The lowest BCUT2D eigenvalue weighted by molar-refractivity contribution is 0.00794. The Bertz CT molecular complexity index is 864. The molecule has 0 spiro atoms. The topological polar surface area (TPSA) is 67.9 Å². The molecule has 2 heterocycles. The molecular formula is C22H28N2O4S. The number of thiophene rings is 1. The van der Waals surface area contributed by atoms with Crippen LogP contribution in [0.2, 0.25) is 0 Å². The van der Waals surface area contributed by atoms with Crippen molar-refractivity contribution in [2.45, 2.75) is 52.2 Å². The molecule has 1 aliphatic heterocycles. The van der Waals surface area contributed by atoms with Gasteiger partial charge in [0.15, 0.2) is 0 Å². The fourth-order valence-electron chi connectivity index (χ4n) is 3.19. The molecule has 1 N–H and O–H groups in total. The Kier molecular flexibility index (Phi) is 6.47. The standard InChI is InChI=1S/C22H28N2O4S/c1-15-6-5-7-16(14-15)19-18(10-13-29-19)23-20(25)27-17-8-11-24(12-9-17)21(26)28-22(2,3)4/h5-7,10,13-14,17H,8-9,11-12H2,1-4H3,(H,23,25). The van der Waals surface area contributed by atoms with Crippen LogP contribution in [-0.4, -0.2) is 41.9 Å². The number of aryl methyl sites for hydroxylation is 1. The molecular weight excluding hydrogens is 388 g/mol. The average molecular weight is 417 g/mol. The second kappa shape index (κ2) is 8.86. The molecule has 156 valence electrons. The third-order valence-electron chi connectivity index (χ3n) is 4.55. The average Bonchev–Trinajstić information content (AvgIpc) is 3.09. The summed E-state index contributed by atoms with van der Waals surface area (Å²) in [4.78, 5) is 27.2. The molecule has 1 aromatic carbocycles. The second-order valence-corrected chi connectivity index (χ2v) is 9.15. The normalized spacial score (nSPS) is 15.1. The number of carbonyl (C=O) groups excluding carboxylic acids is 2. The van der Waals surface area contributed by atoms with Crippen LogP contribution in [-0.2, 0) is 9.47 Å². The third-order valence-corrected chi connectivity index (χ3v) is 5.51. The van der Waals surface area contributed by atoms with Crippen LogP contribution < -0.4 is 5.32 Å². The zero-order valence-electron chi connectivity index (χ0n) is 17.4. The van der Waals surface area contributed by atoms with Crippen LogP contribution in [0.1, 0.15) is 39.2 Å². The predicted molar refractivity (Wildman–Crippen MR) is 115 cm³/mol. The van der Waals surface area contributed by atoms with E-state index in [2.05, 4.69) is 11.4 Å². The molecule has 3 rings (SSSR count). The summed E-state index contributed by atoms with van der Waals surface area (Å²) in [6.07, 6.45) is 0.200. The SMILES string of the molecule is Cc1cccc(-c2sccc2NC(=O)OC2CCN(C(=O)OC(C)(C)C)CC2)c1. The number of nitrogens with zero attached hydrogens (tertiary/aromatic N) is 1. The van der Waals surface area contributed by atoms with Crippen LogP contribution in [0.3, 0.4) is 0 Å². The zero-order valence-corrected chi connectivity index (χ0v) is 18.2. The third kappa shape index (κ3) is 5.97. The summed E-state index contributed by atoms with van der Waals surface area (Å²) in [6, 6.07) is 10.1. The number of nitrogens with one attached hydrogen (secondary N) is 1. The minimum atomic E-state index is -0.514. The molecule has 2 aromatic rings. The maximum Gasteiger partial charge on any atom is 0.411 e. The van der Waals surface area contributed by atoms with E-state index in [1.54, 1.807) is 16.2 Å². The lowest BCUT2D eigenvalue weighted by Gasteiger charge is -2.33. The number of rotatable bonds is 3. The Morgan fingerprint density at radius 1 is 1.17 bits per heavy atom. The molecule has 0 atom stereocenters. The van der Waals surface area contributed by atoms with E-state index >= 15 is 0 Å². The maximum atomic E-state index is 12.4. The fourth-order valence-corrected chi connectivity index (χ4v) is 4.04. The molecule has 29 heavy (non-hydrogen) atoms. The minimum Gasteiger partial charge on any atom is -0.446 e. The van der Waals surface area contributed by atoms with Gasteiger partial charge in [-0.1, -0.05) is 29.8 Å². The van der Waals surface area contributed by atoms with Crippen molar-refractivity contribution in [2.75, 3.05) is 18.4 Å². The van der Waals surface area contributed by atoms with Crippen molar-refractivity contribution in [1.82, 2.24) is 4.90 Å². The van der Waals surface area contributed by atoms with Crippen LogP contribution >= 0.6 is 11.3 Å². The van der Waals surface area contributed by atoms with Crippen LogP contribution in [0, 0.1) is 6.92 Å². The van der Waals surface area contributed by atoms with E-state index in [0.717, 1.165) is 16.1 Å². The van der Waals surface area contributed by atoms with Gasteiger partial charge in [0.2, 0.25) is 0 Å². The van der Waals surface area contributed by atoms with Gasteiger partial charge in [0.25, 0.3) is 0 Å². The van der Waals surface area contributed by atoms with Gasteiger partial charge < -0.3 is 14.4 Å². The highest BCUT2D eigenvalue weighted by Gasteiger charge is 2.28. The first-order valence-electron chi connectivity index (χ1n) is 9.81. The van der Waals surface area contributed by atoms with E-state index in [4.69, 9.17) is 9.47 Å². The van der Waals surface area contributed by atoms with Gasteiger partial charge >= 0.3 is 12.2 Å². The van der Waals surface area contributed by atoms with E-state index in [1.807, 2.05) is 57.3 Å². The number of benzene rings is 1. The molecule has 1 saturated heterocycles. The largest absolute Gasteiger partial charge is 0.446 e. The first kappa shape index (κ1) is 21.2. The number of carbonyl (C=O) groups is 2. The number of likely N-dealkylation sites (tertiary alicyclic amines) is 1. The lowest BCUT2D eigenvalue weighted by atomic mass is 10.1. The van der Waals surface area contributed by atoms with E-state index in [-0.39, 0.29) is 12.2 Å². The zero-order chi connectivity index (χ0) is 21.0. The van der Waals surface area contributed by atoms with Gasteiger partial charge in [0.05, 0.1) is 10.6 Å². The smallest absolute Gasteiger partial charge is 0.411 e.